The summed E-state index contributed by atoms with van der Waals surface area (Å²) in [5, 5.41) is -0.336. The number of rotatable bonds is 6. The maximum absolute atomic E-state index is 9.70. The molecule has 0 aliphatic heterocycles. The summed E-state index contributed by atoms with van der Waals surface area (Å²) < 4.78 is 109. The fourth-order valence-corrected chi connectivity index (χ4v) is 5.98. The Morgan fingerprint density at radius 2 is 0.939 bits per heavy atom. The van der Waals surface area contributed by atoms with Crippen molar-refractivity contribution in [1.82, 2.24) is 19.5 Å². The molecule has 0 aliphatic rings. The minimum atomic E-state index is -0.700. The molecule has 4 nitrogen and oxygen atoms in total. The van der Waals surface area contributed by atoms with Crippen LogP contribution in [0.1, 0.15) is 16.4 Å². The predicted octanol–water partition coefficient (Wildman–Crippen LogP) is 11.3. The van der Waals surface area contributed by atoms with E-state index in [9.17, 15) is 6.85 Å². The summed E-state index contributed by atoms with van der Waals surface area (Å²) in [7, 11) is 0. The third-order valence-corrected chi connectivity index (χ3v) is 8.19. The quantitative estimate of drug-likeness (QED) is 0.182. The maximum atomic E-state index is 9.70. The summed E-state index contributed by atoms with van der Waals surface area (Å²) in [5.74, 6) is 0.864. The number of para-hydroxylation sites is 2. The van der Waals surface area contributed by atoms with Crippen molar-refractivity contribution in [3.05, 3.63) is 182 Å². The van der Waals surface area contributed by atoms with Crippen molar-refractivity contribution >= 4 is 21.8 Å². The van der Waals surface area contributed by atoms with Crippen molar-refractivity contribution in [2.24, 2.45) is 0 Å². The molecule has 2 heterocycles. The molecule has 0 atom stereocenters. The molecule has 2 aromatic heterocycles. The van der Waals surface area contributed by atoms with E-state index in [0.29, 0.717) is 39.5 Å². The molecule has 0 saturated heterocycles. The minimum Gasteiger partial charge on any atom is -0.308 e. The lowest BCUT2D eigenvalue weighted by Gasteiger charge is -2.19. The van der Waals surface area contributed by atoms with Crippen molar-refractivity contribution in [3.8, 4) is 62.1 Å². The number of hydrogen-bond donors (Lipinski definition) is 0. The van der Waals surface area contributed by atoms with E-state index in [2.05, 4.69) is 0 Å². The molecule has 0 fully saturated rings. The fraction of sp³-hybridized carbons (Fsp3) is 0. The summed E-state index contributed by atoms with van der Waals surface area (Å²) in [6, 6.07) is 25.8. The Morgan fingerprint density at radius 3 is 1.61 bits per heavy atom. The molecular formula is C45H30N4. The van der Waals surface area contributed by atoms with Gasteiger partial charge < -0.3 is 4.57 Å². The lowest BCUT2D eigenvalue weighted by Crippen LogP contribution is -2.05. The number of aromatic nitrogens is 4. The Kier molecular flexibility index (Phi) is 4.63. The number of hydrogen-bond acceptors (Lipinski definition) is 3. The molecule has 4 heteroatoms. The summed E-state index contributed by atoms with van der Waals surface area (Å²) >= 11 is 0. The SMILES string of the molecule is [2H]c1c([2H])c([2H])c(-c2c([2H])c([2H])c3c(c2[2H])c2c([2H])c([2H])c([2H])c([2H])c2n3-c2c(-c3ccccc3)cccc2-c2nc(-c3ccccc3)nc(-c3ccccc3)n2)c([2H])c1[2H]. The van der Waals surface area contributed by atoms with E-state index in [1.807, 2.05) is 97.1 Å². The van der Waals surface area contributed by atoms with Crippen LogP contribution in [0.5, 0.6) is 0 Å². The molecule has 9 rings (SSSR count). The largest absolute Gasteiger partial charge is 0.308 e. The van der Waals surface area contributed by atoms with Gasteiger partial charge in [-0.25, -0.2) is 15.0 Å². The van der Waals surface area contributed by atoms with Gasteiger partial charge in [-0.05, 0) is 40.9 Å². The second kappa shape index (κ2) is 12.2. The highest BCUT2D eigenvalue weighted by Gasteiger charge is 2.22. The molecule has 0 bridgehead atoms. The number of benzene rings is 7. The third-order valence-electron chi connectivity index (χ3n) is 8.19. The van der Waals surface area contributed by atoms with Gasteiger partial charge >= 0.3 is 0 Å². The van der Waals surface area contributed by atoms with Gasteiger partial charge in [-0.3, -0.25) is 0 Å². The van der Waals surface area contributed by atoms with Gasteiger partial charge in [-0.15, -0.1) is 0 Å². The minimum absolute atomic E-state index is 0.120. The van der Waals surface area contributed by atoms with Crippen LogP contribution in [0, 0.1) is 0 Å². The standard InChI is InChI=1S/C45H30N4/c1-5-16-31(17-6-1)35-28-29-41-39(30-35)37-24-13-14-27-40(37)49(41)42-36(32-18-7-2-8-19-32)25-15-26-38(42)45-47-43(33-20-9-3-10-21-33)46-44(48-45)34-22-11-4-12-23-34/h1-30H/i1D,5D,6D,13D,14D,16D,17D,24D,27D,28D,29D,30D. The lowest BCUT2D eigenvalue weighted by atomic mass is 9.98. The summed E-state index contributed by atoms with van der Waals surface area (Å²) in [5.41, 5.74) is 2.04. The highest BCUT2D eigenvalue weighted by Crippen LogP contribution is 2.42. The normalized spacial score (nSPS) is 14.7. The monoisotopic (exact) mass is 638 g/mol. The Bertz CT molecular complexity index is 3180. The highest BCUT2D eigenvalue weighted by molar-refractivity contribution is 6.11. The molecule has 0 aliphatic carbocycles. The molecule has 230 valence electrons. The first-order chi connectivity index (χ1) is 29.3. The van der Waals surface area contributed by atoms with Crippen LogP contribution < -0.4 is 0 Å². The van der Waals surface area contributed by atoms with Crippen LogP contribution in [-0.2, 0) is 0 Å². The van der Waals surface area contributed by atoms with E-state index in [4.69, 9.17) is 24.5 Å². The van der Waals surface area contributed by atoms with Crippen LogP contribution in [0.25, 0.3) is 83.9 Å². The van der Waals surface area contributed by atoms with Crippen molar-refractivity contribution in [2.75, 3.05) is 0 Å². The number of nitrogens with zero attached hydrogens (tertiary/aromatic N) is 4. The Labute approximate surface area is 301 Å². The van der Waals surface area contributed by atoms with Crippen molar-refractivity contribution in [2.45, 2.75) is 0 Å². The smallest absolute Gasteiger partial charge is 0.166 e. The van der Waals surface area contributed by atoms with Gasteiger partial charge in [0.15, 0.2) is 17.5 Å². The zero-order valence-corrected chi connectivity index (χ0v) is 25.7. The second-order valence-corrected chi connectivity index (χ2v) is 11.1. The summed E-state index contributed by atoms with van der Waals surface area (Å²) in [6.07, 6.45) is 0. The first-order valence-corrected chi connectivity index (χ1v) is 15.5. The molecule has 49 heavy (non-hydrogen) atoms. The molecular weight excluding hydrogens is 597 g/mol. The average molecular weight is 639 g/mol. The van der Waals surface area contributed by atoms with Gasteiger partial charge in [0.1, 0.15) is 0 Å². The molecule has 0 spiro atoms. The van der Waals surface area contributed by atoms with E-state index in [1.165, 1.54) is 4.57 Å². The molecule has 7 aromatic carbocycles. The van der Waals surface area contributed by atoms with Crippen LogP contribution in [0.15, 0.2) is 182 Å². The van der Waals surface area contributed by atoms with Crippen LogP contribution in [0.4, 0.5) is 0 Å². The predicted molar refractivity (Wildman–Crippen MR) is 201 cm³/mol. The maximum Gasteiger partial charge on any atom is 0.166 e. The van der Waals surface area contributed by atoms with Crippen molar-refractivity contribution in [3.63, 3.8) is 0 Å². The van der Waals surface area contributed by atoms with Gasteiger partial charge in [0, 0.05) is 33.0 Å². The van der Waals surface area contributed by atoms with Crippen LogP contribution >= 0.6 is 0 Å². The second-order valence-electron chi connectivity index (χ2n) is 11.1. The summed E-state index contributed by atoms with van der Waals surface area (Å²) in [4.78, 5) is 14.8. The average Bonchev–Trinajstić information content (AvgIpc) is 3.66. The molecule has 0 N–H and O–H groups in total. The van der Waals surface area contributed by atoms with Gasteiger partial charge in [0.25, 0.3) is 0 Å². The summed E-state index contributed by atoms with van der Waals surface area (Å²) in [6.45, 7) is 0. The van der Waals surface area contributed by atoms with E-state index < -0.39 is 83.6 Å². The zero-order chi connectivity index (χ0) is 43.0. The van der Waals surface area contributed by atoms with Crippen LogP contribution in [-0.4, -0.2) is 19.5 Å². The molecule has 0 amide bonds. The zero-order valence-electron chi connectivity index (χ0n) is 37.7. The van der Waals surface area contributed by atoms with Crippen molar-refractivity contribution in [1.29, 1.82) is 0 Å². The third kappa shape index (κ3) is 5.16. The number of fused-ring (bicyclic) bond motifs is 3. The van der Waals surface area contributed by atoms with E-state index in [1.54, 1.807) is 12.1 Å². The lowest BCUT2D eigenvalue weighted by molar-refractivity contribution is 1.06. The van der Waals surface area contributed by atoms with Crippen molar-refractivity contribution < 1.29 is 16.4 Å². The first kappa shape index (κ1) is 18.6. The molecule has 0 saturated carbocycles. The van der Waals surface area contributed by atoms with Gasteiger partial charge in [-0.1, -0.05) is 158 Å². The van der Waals surface area contributed by atoms with Gasteiger partial charge in [-0.2, -0.15) is 0 Å². The molecule has 9 aromatic rings. The van der Waals surface area contributed by atoms with E-state index in [0.717, 1.165) is 0 Å². The Hall–Kier alpha value is -6.65. The first-order valence-electron chi connectivity index (χ1n) is 21.5. The Balaban J connectivity index is 1.50. The van der Waals surface area contributed by atoms with Gasteiger partial charge in [0.2, 0.25) is 0 Å². The van der Waals surface area contributed by atoms with E-state index in [-0.39, 0.29) is 33.3 Å². The van der Waals surface area contributed by atoms with Crippen LogP contribution in [0.3, 0.4) is 0 Å². The fourth-order valence-electron chi connectivity index (χ4n) is 5.98. The van der Waals surface area contributed by atoms with Gasteiger partial charge in [0.05, 0.1) is 33.2 Å². The molecule has 0 unspecified atom stereocenters. The molecule has 0 radical (unpaired) electrons. The Morgan fingerprint density at radius 1 is 0.388 bits per heavy atom. The highest BCUT2D eigenvalue weighted by atomic mass is 15.1. The van der Waals surface area contributed by atoms with Crippen LogP contribution in [0.2, 0.25) is 0 Å². The topological polar surface area (TPSA) is 43.6 Å². The van der Waals surface area contributed by atoms with E-state index >= 15 is 0 Å².